The Balaban J connectivity index is 1.21. The predicted molar refractivity (Wildman–Crippen MR) is 123 cm³/mol. The van der Waals surface area contributed by atoms with Crippen LogP contribution in [0.5, 0.6) is 0 Å². The number of halogens is 1. The third kappa shape index (κ3) is 4.05. The number of carbonyl (C=O) groups excluding carboxylic acids is 1. The smallest absolute Gasteiger partial charge is 0.307 e. The Labute approximate surface area is 198 Å². The van der Waals surface area contributed by atoms with Crippen molar-refractivity contribution in [3.05, 3.63) is 38.9 Å². The maximum Gasteiger partial charge on any atom is 0.307 e. The summed E-state index contributed by atoms with van der Waals surface area (Å²) in [5, 5.41) is 23.9. The van der Waals surface area contributed by atoms with Gasteiger partial charge < -0.3 is 5.32 Å². The van der Waals surface area contributed by atoms with E-state index in [0.29, 0.717) is 29.8 Å². The van der Waals surface area contributed by atoms with Gasteiger partial charge in [0.05, 0.1) is 26.9 Å². The molecule has 9 nitrogen and oxygen atoms in total. The van der Waals surface area contributed by atoms with Gasteiger partial charge in [-0.1, -0.05) is 11.6 Å². The third-order valence-electron chi connectivity index (χ3n) is 8.11. The van der Waals surface area contributed by atoms with E-state index < -0.39 is 0 Å². The van der Waals surface area contributed by atoms with Crippen molar-refractivity contribution in [1.82, 2.24) is 24.9 Å². The van der Waals surface area contributed by atoms with Gasteiger partial charge in [-0.2, -0.15) is 10.2 Å². The standard InChI is InChI=1S/C23H31ClN6O3/c1-15-21(24)16(2)28(27-15)5-3-4-25-20(31)11-22-7-17-6-18(8-22)10-23(9-17,14-22)29-13-19(12-26-29)30(32)33/h12-13,17-18H,3-11,14H2,1-2H3,(H,25,31). The molecule has 178 valence electrons. The second-order valence-corrected chi connectivity index (χ2v) is 11.1. The summed E-state index contributed by atoms with van der Waals surface area (Å²) < 4.78 is 3.75. The van der Waals surface area contributed by atoms with Crippen LogP contribution in [-0.4, -0.2) is 36.9 Å². The number of amides is 1. The Hall–Kier alpha value is -2.42. The second-order valence-electron chi connectivity index (χ2n) is 10.7. The number of hydrogen-bond donors (Lipinski definition) is 1. The Kier molecular flexibility index (Phi) is 5.50. The molecule has 4 bridgehead atoms. The van der Waals surface area contributed by atoms with E-state index >= 15 is 0 Å². The molecule has 0 aliphatic heterocycles. The molecular formula is C23H31ClN6O3. The van der Waals surface area contributed by atoms with Gasteiger partial charge in [-0.15, -0.1) is 0 Å². The zero-order chi connectivity index (χ0) is 23.4. The van der Waals surface area contributed by atoms with Crippen molar-refractivity contribution in [2.75, 3.05) is 6.54 Å². The molecule has 0 spiro atoms. The molecule has 10 heteroatoms. The van der Waals surface area contributed by atoms with Crippen LogP contribution in [0.3, 0.4) is 0 Å². The van der Waals surface area contributed by atoms with Crippen LogP contribution in [0.25, 0.3) is 0 Å². The highest BCUT2D eigenvalue weighted by atomic mass is 35.5. The molecule has 4 aliphatic rings. The van der Waals surface area contributed by atoms with Crippen LogP contribution in [0.15, 0.2) is 12.4 Å². The van der Waals surface area contributed by atoms with Crippen LogP contribution in [0.4, 0.5) is 5.69 Å². The van der Waals surface area contributed by atoms with Crippen LogP contribution in [0, 0.1) is 41.2 Å². The Morgan fingerprint density at radius 3 is 2.64 bits per heavy atom. The van der Waals surface area contributed by atoms with Crippen molar-refractivity contribution in [1.29, 1.82) is 0 Å². The number of rotatable bonds is 8. The summed E-state index contributed by atoms with van der Waals surface area (Å²) in [7, 11) is 0. The fourth-order valence-corrected chi connectivity index (χ4v) is 7.43. The highest BCUT2D eigenvalue weighted by molar-refractivity contribution is 6.31. The van der Waals surface area contributed by atoms with Crippen molar-refractivity contribution >= 4 is 23.2 Å². The molecule has 0 aromatic carbocycles. The largest absolute Gasteiger partial charge is 0.356 e. The van der Waals surface area contributed by atoms with E-state index in [0.717, 1.165) is 56.5 Å². The van der Waals surface area contributed by atoms with Gasteiger partial charge >= 0.3 is 5.69 Å². The first kappa shape index (κ1) is 22.4. The lowest BCUT2D eigenvalue weighted by molar-refractivity contribution is -0.385. The van der Waals surface area contributed by atoms with Gasteiger partial charge in [-0.05, 0) is 76.0 Å². The van der Waals surface area contributed by atoms with Crippen molar-refractivity contribution < 1.29 is 9.72 Å². The summed E-state index contributed by atoms with van der Waals surface area (Å²) in [5.41, 5.74) is 1.61. The fraction of sp³-hybridized carbons (Fsp3) is 0.696. The van der Waals surface area contributed by atoms with Crippen LogP contribution < -0.4 is 5.32 Å². The zero-order valence-corrected chi connectivity index (χ0v) is 20.0. The number of aryl methyl sites for hydroxylation is 2. The number of nitrogens with zero attached hydrogens (tertiary/aromatic N) is 5. The molecule has 4 aliphatic carbocycles. The normalized spacial score (nSPS) is 30.0. The molecule has 2 atom stereocenters. The molecule has 2 aromatic rings. The number of aromatic nitrogens is 4. The van der Waals surface area contributed by atoms with Crippen molar-refractivity contribution in [3.8, 4) is 0 Å². The predicted octanol–water partition coefficient (Wildman–Crippen LogP) is 4.15. The van der Waals surface area contributed by atoms with Crippen molar-refractivity contribution in [3.63, 3.8) is 0 Å². The quantitative estimate of drug-likeness (QED) is 0.351. The van der Waals surface area contributed by atoms with Crippen LogP contribution in [0.1, 0.15) is 62.8 Å². The topological polar surface area (TPSA) is 108 Å². The molecule has 0 saturated heterocycles. The van der Waals surface area contributed by atoms with Crippen molar-refractivity contribution in [2.24, 2.45) is 17.3 Å². The van der Waals surface area contributed by atoms with Gasteiger partial charge in [-0.25, -0.2) is 0 Å². The van der Waals surface area contributed by atoms with Crippen LogP contribution in [0.2, 0.25) is 5.02 Å². The summed E-state index contributed by atoms with van der Waals surface area (Å²) >= 11 is 6.21. The molecule has 2 aromatic heterocycles. The van der Waals surface area contributed by atoms with Crippen molar-refractivity contribution in [2.45, 2.75) is 77.3 Å². The maximum atomic E-state index is 12.9. The third-order valence-corrected chi connectivity index (χ3v) is 8.66. The maximum absolute atomic E-state index is 12.9. The summed E-state index contributed by atoms with van der Waals surface area (Å²) in [6.07, 6.45) is 10.5. The van der Waals surface area contributed by atoms with E-state index in [1.807, 2.05) is 23.2 Å². The minimum absolute atomic E-state index is 0.0297. The summed E-state index contributed by atoms with van der Waals surface area (Å²) in [6.45, 7) is 5.18. The molecule has 4 saturated carbocycles. The summed E-state index contributed by atoms with van der Waals surface area (Å²) in [4.78, 5) is 23.7. The molecule has 2 heterocycles. The highest BCUT2D eigenvalue weighted by Gasteiger charge is 2.59. The number of hydrogen-bond acceptors (Lipinski definition) is 5. The van der Waals surface area contributed by atoms with Gasteiger partial charge in [0, 0.05) is 19.5 Å². The summed E-state index contributed by atoms with van der Waals surface area (Å²) in [5.74, 6) is 1.24. The summed E-state index contributed by atoms with van der Waals surface area (Å²) in [6, 6.07) is 0. The van der Waals surface area contributed by atoms with Crippen LogP contribution in [-0.2, 0) is 16.9 Å². The van der Waals surface area contributed by atoms with E-state index in [4.69, 9.17) is 11.6 Å². The molecule has 33 heavy (non-hydrogen) atoms. The van der Waals surface area contributed by atoms with E-state index in [1.165, 1.54) is 12.6 Å². The van der Waals surface area contributed by atoms with Gasteiger partial charge in [0.15, 0.2) is 0 Å². The lowest BCUT2D eigenvalue weighted by Gasteiger charge is -2.61. The minimum atomic E-state index is -0.382. The van der Waals surface area contributed by atoms with Gasteiger partial charge in [-0.3, -0.25) is 24.3 Å². The SMILES string of the molecule is Cc1nn(CCCNC(=O)CC23CC4CC(C2)CC(n2cc([N+](=O)[O-])cn2)(C4)C3)c(C)c1Cl. The molecule has 6 rings (SSSR count). The van der Waals surface area contributed by atoms with Gasteiger partial charge in [0.25, 0.3) is 0 Å². The van der Waals surface area contributed by atoms with Gasteiger partial charge in [0.1, 0.15) is 12.4 Å². The first-order valence-electron chi connectivity index (χ1n) is 11.8. The monoisotopic (exact) mass is 474 g/mol. The number of nitrogens with one attached hydrogen (secondary N) is 1. The molecule has 0 radical (unpaired) electrons. The zero-order valence-electron chi connectivity index (χ0n) is 19.2. The van der Waals surface area contributed by atoms with E-state index in [9.17, 15) is 14.9 Å². The lowest BCUT2D eigenvalue weighted by Crippen LogP contribution is -2.57. The molecule has 1 amide bonds. The van der Waals surface area contributed by atoms with E-state index in [2.05, 4.69) is 15.5 Å². The Morgan fingerprint density at radius 2 is 2.03 bits per heavy atom. The average molecular weight is 475 g/mol. The second kappa shape index (κ2) is 8.11. The molecule has 2 unspecified atom stereocenters. The average Bonchev–Trinajstić information content (AvgIpc) is 3.32. The number of nitro groups is 1. The molecule has 4 fully saturated rings. The first-order valence-corrected chi connectivity index (χ1v) is 12.2. The van der Waals surface area contributed by atoms with E-state index in [-0.39, 0.29) is 27.5 Å². The Bertz CT molecular complexity index is 1080. The minimum Gasteiger partial charge on any atom is -0.356 e. The number of carbonyl (C=O) groups is 1. The fourth-order valence-electron chi connectivity index (χ4n) is 7.30. The lowest BCUT2D eigenvalue weighted by atomic mass is 9.46. The molecule has 1 N–H and O–H groups in total. The first-order chi connectivity index (χ1) is 15.7. The van der Waals surface area contributed by atoms with Gasteiger partial charge in [0.2, 0.25) is 5.91 Å². The Morgan fingerprint density at radius 1 is 1.30 bits per heavy atom. The molecular weight excluding hydrogens is 444 g/mol. The highest BCUT2D eigenvalue weighted by Crippen LogP contribution is 2.65. The van der Waals surface area contributed by atoms with E-state index in [1.54, 1.807) is 6.20 Å². The van der Waals surface area contributed by atoms with Crippen LogP contribution >= 0.6 is 11.6 Å².